The number of carbonyl (C=O) groups is 2. The van der Waals surface area contributed by atoms with Gasteiger partial charge in [-0.2, -0.15) is 0 Å². The first-order valence-electron chi connectivity index (χ1n) is 18.2. The first-order chi connectivity index (χ1) is 21.6. The molecule has 0 aliphatic heterocycles. The number of rotatable bonds is 9. The Kier molecular flexibility index (Phi) is 8.47. The summed E-state index contributed by atoms with van der Waals surface area (Å²) < 4.78 is 0. The highest BCUT2D eigenvalue weighted by molar-refractivity contribution is 5.88. The van der Waals surface area contributed by atoms with Gasteiger partial charge in [-0.1, -0.05) is 65.0 Å². The van der Waals surface area contributed by atoms with E-state index in [1.807, 2.05) is 12.1 Å². The molecule has 3 N–H and O–H groups in total. The van der Waals surface area contributed by atoms with E-state index in [9.17, 15) is 14.7 Å². The first-order valence-corrected chi connectivity index (χ1v) is 18.2. The van der Waals surface area contributed by atoms with Gasteiger partial charge in [0.25, 0.3) is 0 Å². The Balaban J connectivity index is 1.29. The molecular formula is C41H59NO4. The molecule has 46 heavy (non-hydrogen) atoms. The molecule has 252 valence electrons. The number of carboxylic acid groups (broad SMARTS) is 2. The van der Waals surface area contributed by atoms with Crippen molar-refractivity contribution in [1.82, 2.24) is 5.32 Å². The van der Waals surface area contributed by atoms with Gasteiger partial charge < -0.3 is 15.5 Å². The van der Waals surface area contributed by atoms with Crippen LogP contribution in [0.5, 0.6) is 0 Å². The zero-order valence-electron chi connectivity index (χ0n) is 29.4. The number of benzene rings is 1. The van der Waals surface area contributed by atoms with Crippen LogP contribution >= 0.6 is 0 Å². The summed E-state index contributed by atoms with van der Waals surface area (Å²) >= 11 is 0. The molecular weight excluding hydrogens is 570 g/mol. The average Bonchev–Trinajstić information content (AvgIpc) is 3.37. The maximum Gasteiger partial charge on any atom is 0.335 e. The second kappa shape index (κ2) is 11.6. The number of nitrogens with one attached hydrogen (secondary N) is 1. The highest BCUT2D eigenvalue weighted by Crippen LogP contribution is 2.77. The quantitative estimate of drug-likeness (QED) is 0.187. The van der Waals surface area contributed by atoms with Crippen LogP contribution in [-0.2, 0) is 4.79 Å². The minimum absolute atomic E-state index is 0.0152. The molecule has 4 fully saturated rings. The Morgan fingerprint density at radius 2 is 1.61 bits per heavy atom. The molecule has 5 heteroatoms. The molecule has 0 bridgehead atoms. The summed E-state index contributed by atoms with van der Waals surface area (Å²) in [4.78, 5) is 22.6. The van der Waals surface area contributed by atoms with Crippen molar-refractivity contribution >= 4 is 17.5 Å². The van der Waals surface area contributed by atoms with E-state index in [0.717, 1.165) is 19.5 Å². The Hall–Kier alpha value is -2.40. The van der Waals surface area contributed by atoms with Crippen LogP contribution in [0.3, 0.4) is 0 Å². The lowest BCUT2D eigenvalue weighted by Gasteiger charge is -2.72. The zero-order chi connectivity index (χ0) is 33.3. The lowest BCUT2D eigenvalue weighted by atomic mass is 9.32. The maximum atomic E-state index is 11.5. The molecule has 6 rings (SSSR count). The van der Waals surface area contributed by atoms with Gasteiger partial charge in [0.05, 0.1) is 5.56 Å². The van der Waals surface area contributed by atoms with Crippen molar-refractivity contribution < 1.29 is 19.8 Å². The topological polar surface area (TPSA) is 86.6 Å². The van der Waals surface area contributed by atoms with Crippen molar-refractivity contribution in [3.05, 3.63) is 53.6 Å². The van der Waals surface area contributed by atoms with Gasteiger partial charge in [0.1, 0.15) is 0 Å². The molecule has 0 radical (unpaired) electrons. The molecule has 5 aliphatic carbocycles. The molecule has 0 saturated heterocycles. The Morgan fingerprint density at radius 1 is 0.891 bits per heavy atom. The van der Waals surface area contributed by atoms with Crippen LogP contribution in [0.1, 0.15) is 128 Å². The fourth-order valence-electron chi connectivity index (χ4n) is 13.2. The molecule has 0 heterocycles. The fraction of sp³-hybridized carbons (Fsp3) is 0.707. The number of hydrogen-bond acceptors (Lipinski definition) is 3. The maximum absolute atomic E-state index is 11.5. The van der Waals surface area contributed by atoms with Gasteiger partial charge in [0, 0.05) is 13.0 Å². The first kappa shape index (κ1) is 33.5. The van der Waals surface area contributed by atoms with E-state index in [0.29, 0.717) is 52.4 Å². The smallest absolute Gasteiger partial charge is 0.335 e. The lowest BCUT2D eigenvalue weighted by molar-refractivity contribution is -0.225. The monoisotopic (exact) mass is 629 g/mol. The minimum Gasteiger partial charge on any atom is -0.481 e. The molecule has 1 aromatic carbocycles. The Morgan fingerprint density at radius 3 is 2.26 bits per heavy atom. The van der Waals surface area contributed by atoms with Crippen LogP contribution in [0.15, 0.2) is 42.5 Å². The highest BCUT2D eigenvalue weighted by atomic mass is 16.4. The van der Waals surface area contributed by atoms with Gasteiger partial charge in [0.15, 0.2) is 0 Å². The summed E-state index contributed by atoms with van der Waals surface area (Å²) in [6, 6.07) is 7.57. The van der Waals surface area contributed by atoms with Gasteiger partial charge >= 0.3 is 11.9 Å². The van der Waals surface area contributed by atoms with Crippen LogP contribution in [0.4, 0.5) is 0 Å². The van der Waals surface area contributed by atoms with Crippen molar-refractivity contribution in [2.24, 2.45) is 56.7 Å². The number of aromatic carboxylic acids is 1. The van der Waals surface area contributed by atoms with E-state index >= 15 is 0 Å². The third-order valence-corrected chi connectivity index (χ3v) is 15.5. The largest absolute Gasteiger partial charge is 0.481 e. The van der Waals surface area contributed by atoms with Gasteiger partial charge in [-0.15, -0.1) is 0 Å². The highest BCUT2D eigenvalue weighted by Gasteiger charge is 2.70. The van der Waals surface area contributed by atoms with Crippen molar-refractivity contribution in [1.29, 1.82) is 0 Å². The number of aliphatic carboxylic acids is 1. The van der Waals surface area contributed by atoms with E-state index < -0.39 is 11.9 Å². The van der Waals surface area contributed by atoms with E-state index in [4.69, 9.17) is 5.11 Å². The zero-order valence-corrected chi connectivity index (χ0v) is 29.4. The van der Waals surface area contributed by atoms with Crippen molar-refractivity contribution in [3.63, 3.8) is 0 Å². The summed E-state index contributed by atoms with van der Waals surface area (Å²) in [7, 11) is 0. The van der Waals surface area contributed by atoms with E-state index in [1.165, 1.54) is 68.1 Å². The van der Waals surface area contributed by atoms with Crippen LogP contribution in [0.2, 0.25) is 0 Å². The summed E-state index contributed by atoms with van der Waals surface area (Å²) in [5.74, 6) is 1.63. The Labute approximate surface area is 277 Å². The molecule has 9 atom stereocenters. The molecule has 4 saturated carbocycles. The second-order valence-electron chi connectivity index (χ2n) is 17.6. The van der Waals surface area contributed by atoms with Gasteiger partial charge in [-0.05, 0) is 158 Å². The van der Waals surface area contributed by atoms with Crippen molar-refractivity contribution in [2.75, 3.05) is 13.1 Å². The third-order valence-electron chi connectivity index (χ3n) is 15.5. The SMILES string of the molecule is C=C(C)[C@@H]1CC[C@]2(CNCCCC(=O)O)CC[C@]3(C)[C@H](CC[C@@H]4[C@@]5(C)CC=C(c6ccc(C(=O)O)cc6)C(C)(C)[C@@H]5CC[C@]43C)[C@@H]12. The van der Waals surface area contributed by atoms with Crippen LogP contribution < -0.4 is 5.32 Å². The number of carboxylic acids is 2. The van der Waals surface area contributed by atoms with Gasteiger partial charge in [0.2, 0.25) is 0 Å². The number of allylic oxidation sites excluding steroid dienone is 3. The molecule has 0 unspecified atom stereocenters. The van der Waals surface area contributed by atoms with Gasteiger partial charge in [-0.25, -0.2) is 4.79 Å². The molecule has 1 aromatic rings. The molecule has 5 aliphatic rings. The molecule has 0 spiro atoms. The van der Waals surface area contributed by atoms with E-state index in [2.05, 4.69) is 59.5 Å². The number of fused-ring (bicyclic) bond motifs is 7. The normalized spacial score (nSPS) is 40.9. The van der Waals surface area contributed by atoms with E-state index in [1.54, 1.807) is 12.1 Å². The molecule has 5 nitrogen and oxygen atoms in total. The van der Waals surface area contributed by atoms with E-state index in [-0.39, 0.29) is 22.7 Å². The summed E-state index contributed by atoms with van der Waals surface area (Å²) in [5.41, 5.74) is 5.41. The van der Waals surface area contributed by atoms with Gasteiger partial charge in [-0.3, -0.25) is 4.79 Å². The lowest BCUT2D eigenvalue weighted by Crippen LogP contribution is -2.65. The second-order valence-corrected chi connectivity index (χ2v) is 17.6. The molecule has 0 amide bonds. The van der Waals surface area contributed by atoms with Crippen LogP contribution in [0.25, 0.3) is 5.57 Å². The number of hydrogen-bond donors (Lipinski definition) is 3. The predicted molar refractivity (Wildman–Crippen MR) is 185 cm³/mol. The van der Waals surface area contributed by atoms with Crippen molar-refractivity contribution in [2.45, 2.75) is 112 Å². The third kappa shape index (κ3) is 4.96. The summed E-state index contributed by atoms with van der Waals surface area (Å²) in [6.45, 7) is 21.6. The predicted octanol–water partition coefficient (Wildman–Crippen LogP) is 9.49. The summed E-state index contributed by atoms with van der Waals surface area (Å²) in [5, 5.41) is 22.3. The molecule has 0 aromatic heterocycles. The fourth-order valence-corrected chi connectivity index (χ4v) is 13.2. The summed E-state index contributed by atoms with van der Waals surface area (Å²) in [6.07, 6.45) is 14.8. The van der Waals surface area contributed by atoms with Crippen LogP contribution in [0, 0.1) is 56.7 Å². The average molecular weight is 630 g/mol. The minimum atomic E-state index is -0.870. The standard InChI is InChI=1S/C41H59NO4/c1-26(2)29-16-21-41(25-42-24-8-9-34(43)44)23-22-39(6)31(35(29)41)14-15-33-38(5)19-17-30(27-10-12-28(13-11-27)36(45)46)37(3,4)32(38)18-20-40(33,39)7/h10-13,17,29,31-33,35,42H,1,8-9,14-16,18-25H2,2-7H3,(H,43,44)(H,45,46)/t29-,31+,32-,33+,35+,38-,39+,40+,41+/m0/s1. The van der Waals surface area contributed by atoms with Crippen molar-refractivity contribution in [3.8, 4) is 0 Å². The van der Waals surface area contributed by atoms with Crippen LogP contribution in [-0.4, -0.2) is 35.2 Å². The Bertz CT molecular complexity index is 1410.